The van der Waals surface area contributed by atoms with Gasteiger partial charge in [0.25, 0.3) is 5.91 Å². The van der Waals surface area contributed by atoms with Crippen molar-refractivity contribution >= 4 is 33.2 Å². The van der Waals surface area contributed by atoms with E-state index in [1.165, 1.54) is 11.3 Å². The van der Waals surface area contributed by atoms with Crippen LogP contribution in [-0.2, 0) is 0 Å². The van der Waals surface area contributed by atoms with E-state index in [-0.39, 0.29) is 5.91 Å². The number of hydrogen-bond donors (Lipinski definition) is 1. The topological polar surface area (TPSA) is 32.3 Å². The summed E-state index contributed by atoms with van der Waals surface area (Å²) in [6.45, 7) is 1.78. The normalized spacial score (nSPS) is 20.4. The summed E-state index contributed by atoms with van der Waals surface area (Å²) in [6.07, 6.45) is 2.23. The highest BCUT2D eigenvalue weighted by Crippen LogP contribution is 2.26. The summed E-state index contributed by atoms with van der Waals surface area (Å²) in [5.41, 5.74) is 0. The van der Waals surface area contributed by atoms with Gasteiger partial charge < -0.3 is 10.2 Å². The Morgan fingerprint density at radius 3 is 3.12 bits per heavy atom. The Morgan fingerprint density at radius 1 is 1.69 bits per heavy atom. The van der Waals surface area contributed by atoms with Gasteiger partial charge in [-0.05, 0) is 48.0 Å². The lowest BCUT2D eigenvalue weighted by Gasteiger charge is -2.23. The van der Waals surface area contributed by atoms with Gasteiger partial charge in [0.05, 0.1) is 8.66 Å². The molecule has 1 aliphatic rings. The van der Waals surface area contributed by atoms with Crippen molar-refractivity contribution in [2.24, 2.45) is 0 Å². The second-order valence-electron chi connectivity index (χ2n) is 3.96. The fraction of sp³-hybridized carbons (Fsp3) is 0.545. The molecule has 1 amide bonds. The molecule has 0 bridgehead atoms. The Balaban J connectivity index is 2.09. The minimum atomic E-state index is 0.174. The van der Waals surface area contributed by atoms with E-state index in [0.717, 1.165) is 34.6 Å². The van der Waals surface area contributed by atoms with Gasteiger partial charge in [-0.1, -0.05) is 0 Å². The van der Waals surface area contributed by atoms with Crippen molar-refractivity contribution in [3.63, 3.8) is 0 Å². The Bertz CT molecular complexity index is 380. The average molecular weight is 303 g/mol. The molecule has 88 valence electrons. The second-order valence-corrected chi connectivity index (χ2v) is 6.42. The summed E-state index contributed by atoms with van der Waals surface area (Å²) in [5, 5.41) is 3.15. The Hall–Kier alpha value is -0.390. The van der Waals surface area contributed by atoms with Crippen molar-refractivity contribution in [1.29, 1.82) is 0 Å². The highest BCUT2D eigenvalue weighted by Gasteiger charge is 2.29. The molecule has 1 atom stereocenters. The van der Waals surface area contributed by atoms with Crippen molar-refractivity contribution in [3.8, 4) is 0 Å². The maximum absolute atomic E-state index is 12.2. The zero-order chi connectivity index (χ0) is 11.5. The molecule has 2 heterocycles. The van der Waals surface area contributed by atoms with E-state index >= 15 is 0 Å². The van der Waals surface area contributed by atoms with Crippen LogP contribution in [0, 0.1) is 0 Å². The van der Waals surface area contributed by atoms with Crippen molar-refractivity contribution in [1.82, 2.24) is 10.2 Å². The minimum absolute atomic E-state index is 0.174. The Morgan fingerprint density at radius 2 is 2.50 bits per heavy atom. The fourth-order valence-corrected chi connectivity index (χ4v) is 3.46. The van der Waals surface area contributed by atoms with Crippen molar-refractivity contribution in [3.05, 3.63) is 20.8 Å². The van der Waals surface area contributed by atoms with E-state index in [4.69, 9.17) is 0 Å². The van der Waals surface area contributed by atoms with Crippen LogP contribution in [0.25, 0.3) is 0 Å². The smallest absolute Gasteiger partial charge is 0.264 e. The molecule has 2 rings (SSSR count). The summed E-state index contributed by atoms with van der Waals surface area (Å²) >= 11 is 4.90. The third-order valence-corrected chi connectivity index (χ3v) is 4.47. The van der Waals surface area contributed by atoms with Gasteiger partial charge in [0.15, 0.2) is 0 Å². The molecule has 0 aliphatic carbocycles. The number of nitrogens with zero attached hydrogens (tertiary/aromatic N) is 1. The molecule has 16 heavy (non-hydrogen) atoms. The molecule has 1 aliphatic heterocycles. The number of thiophene rings is 1. The second kappa shape index (κ2) is 5.29. The predicted octanol–water partition coefficient (Wildman–Crippen LogP) is 2.33. The standard InChI is InChI=1S/C11H15BrN2OS/c1-13-7-8-3-2-6-14(8)11(15)9-4-5-10(12)16-9/h4-5,8,13H,2-3,6-7H2,1H3. The number of carbonyl (C=O) groups is 1. The zero-order valence-corrected chi connectivity index (χ0v) is 11.6. The molecular formula is C11H15BrN2OS. The number of likely N-dealkylation sites (tertiary alicyclic amines) is 1. The molecule has 3 nitrogen and oxygen atoms in total. The average Bonchev–Trinajstić information content (AvgIpc) is 2.87. The summed E-state index contributed by atoms with van der Waals surface area (Å²) in [7, 11) is 1.93. The number of rotatable bonds is 3. The molecule has 0 aromatic carbocycles. The first-order valence-electron chi connectivity index (χ1n) is 5.43. The highest BCUT2D eigenvalue weighted by molar-refractivity contribution is 9.11. The Labute approximate surface area is 108 Å². The molecule has 1 unspecified atom stereocenters. The van der Waals surface area contributed by atoms with E-state index in [9.17, 15) is 4.79 Å². The molecule has 0 radical (unpaired) electrons. The van der Waals surface area contributed by atoms with Crippen LogP contribution in [0.3, 0.4) is 0 Å². The van der Waals surface area contributed by atoms with Gasteiger partial charge >= 0.3 is 0 Å². The van der Waals surface area contributed by atoms with Crippen LogP contribution in [0.5, 0.6) is 0 Å². The van der Waals surface area contributed by atoms with Gasteiger partial charge in [0, 0.05) is 19.1 Å². The molecule has 1 N–H and O–H groups in total. The summed E-state index contributed by atoms with van der Waals surface area (Å²) < 4.78 is 1.01. The number of hydrogen-bond acceptors (Lipinski definition) is 3. The summed E-state index contributed by atoms with van der Waals surface area (Å²) in [6, 6.07) is 4.19. The lowest BCUT2D eigenvalue weighted by molar-refractivity contribution is 0.0742. The van der Waals surface area contributed by atoms with Crippen LogP contribution in [0.1, 0.15) is 22.5 Å². The van der Waals surface area contributed by atoms with E-state index in [1.807, 2.05) is 24.1 Å². The first-order chi connectivity index (χ1) is 7.72. The third-order valence-electron chi connectivity index (χ3n) is 2.86. The third kappa shape index (κ3) is 2.47. The first kappa shape index (κ1) is 12.1. The van der Waals surface area contributed by atoms with Gasteiger partial charge in [-0.3, -0.25) is 4.79 Å². The van der Waals surface area contributed by atoms with Crippen LogP contribution in [0.4, 0.5) is 0 Å². The SMILES string of the molecule is CNCC1CCCN1C(=O)c1ccc(Br)s1. The summed E-state index contributed by atoms with van der Waals surface area (Å²) in [5.74, 6) is 0.174. The van der Waals surface area contributed by atoms with Gasteiger partial charge in [0.1, 0.15) is 0 Å². The van der Waals surface area contributed by atoms with Crippen LogP contribution >= 0.6 is 27.3 Å². The number of amides is 1. The van der Waals surface area contributed by atoms with Crippen LogP contribution < -0.4 is 5.32 Å². The van der Waals surface area contributed by atoms with Crippen LogP contribution in [0.2, 0.25) is 0 Å². The van der Waals surface area contributed by atoms with E-state index < -0.39 is 0 Å². The lowest BCUT2D eigenvalue weighted by Crippen LogP contribution is -2.40. The largest absolute Gasteiger partial charge is 0.334 e. The lowest BCUT2D eigenvalue weighted by atomic mass is 10.2. The molecule has 5 heteroatoms. The molecule has 1 aromatic heterocycles. The van der Waals surface area contributed by atoms with Gasteiger partial charge in [-0.2, -0.15) is 0 Å². The maximum atomic E-state index is 12.2. The first-order valence-corrected chi connectivity index (χ1v) is 7.04. The predicted molar refractivity (Wildman–Crippen MR) is 70.0 cm³/mol. The van der Waals surface area contributed by atoms with Gasteiger partial charge in [-0.25, -0.2) is 0 Å². The summed E-state index contributed by atoms with van der Waals surface area (Å²) in [4.78, 5) is 15.1. The van der Waals surface area contributed by atoms with Crippen LogP contribution in [0.15, 0.2) is 15.9 Å². The molecule has 0 saturated carbocycles. The van der Waals surface area contributed by atoms with Gasteiger partial charge in [-0.15, -0.1) is 11.3 Å². The Kier molecular flexibility index (Phi) is 4.00. The quantitative estimate of drug-likeness (QED) is 0.929. The van der Waals surface area contributed by atoms with E-state index in [1.54, 1.807) is 0 Å². The zero-order valence-electron chi connectivity index (χ0n) is 9.20. The molecular weight excluding hydrogens is 288 g/mol. The van der Waals surface area contributed by atoms with Crippen molar-refractivity contribution < 1.29 is 4.79 Å². The molecule has 1 fully saturated rings. The molecule has 1 aromatic rings. The van der Waals surface area contributed by atoms with Crippen LogP contribution in [-0.4, -0.2) is 37.0 Å². The molecule has 0 spiro atoms. The number of likely N-dealkylation sites (N-methyl/N-ethyl adjacent to an activating group) is 1. The highest BCUT2D eigenvalue weighted by atomic mass is 79.9. The number of halogens is 1. The molecule has 1 saturated heterocycles. The van der Waals surface area contributed by atoms with Crippen molar-refractivity contribution in [2.45, 2.75) is 18.9 Å². The fourth-order valence-electron chi connectivity index (χ4n) is 2.12. The minimum Gasteiger partial charge on any atom is -0.334 e. The number of nitrogens with one attached hydrogen (secondary N) is 1. The van der Waals surface area contributed by atoms with E-state index in [2.05, 4.69) is 21.2 Å². The van der Waals surface area contributed by atoms with Gasteiger partial charge in [0.2, 0.25) is 0 Å². The van der Waals surface area contributed by atoms with Crippen molar-refractivity contribution in [2.75, 3.05) is 20.1 Å². The maximum Gasteiger partial charge on any atom is 0.264 e. The monoisotopic (exact) mass is 302 g/mol. The number of carbonyl (C=O) groups excluding carboxylic acids is 1. The van der Waals surface area contributed by atoms with E-state index in [0.29, 0.717) is 6.04 Å².